The summed E-state index contributed by atoms with van der Waals surface area (Å²) in [5.41, 5.74) is 0.485. The maximum absolute atomic E-state index is 12.9. The number of carbonyl (C=O) groups is 1. The smallest absolute Gasteiger partial charge is 0.254 e. The molecule has 1 atom stereocenters. The minimum absolute atomic E-state index is 0.0396. The van der Waals surface area contributed by atoms with E-state index in [-0.39, 0.29) is 16.8 Å². The lowest BCUT2D eigenvalue weighted by molar-refractivity contribution is 0.0608. The molecule has 1 amide bonds. The van der Waals surface area contributed by atoms with E-state index in [1.807, 2.05) is 4.90 Å². The molecule has 2 aliphatic heterocycles. The van der Waals surface area contributed by atoms with Crippen LogP contribution in [-0.4, -0.2) is 49.2 Å². The minimum Gasteiger partial charge on any atom is -0.336 e. The molecule has 0 aromatic heterocycles. The summed E-state index contributed by atoms with van der Waals surface area (Å²) in [7, 11) is -3.51. The van der Waals surface area contributed by atoms with E-state index in [4.69, 9.17) is 0 Å². The highest BCUT2D eigenvalue weighted by atomic mass is 32.2. The first-order valence-corrected chi connectivity index (χ1v) is 10.9. The molecule has 2 aliphatic rings. The Labute approximate surface area is 151 Å². The van der Waals surface area contributed by atoms with Gasteiger partial charge in [-0.3, -0.25) is 4.79 Å². The van der Waals surface area contributed by atoms with Crippen LogP contribution in [0, 0.1) is 0 Å². The van der Waals surface area contributed by atoms with Gasteiger partial charge in [0.05, 0.1) is 4.90 Å². The molecule has 0 N–H and O–H groups in total. The summed E-state index contributed by atoms with van der Waals surface area (Å²) in [6, 6.07) is 6.86. The molecular weight excluding hydrogens is 336 g/mol. The third kappa shape index (κ3) is 3.90. The van der Waals surface area contributed by atoms with Gasteiger partial charge in [-0.05, 0) is 56.7 Å². The van der Waals surface area contributed by atoms with Crippen molar-refractivity contribution >= 4 is 15.9 Å². The number of hydrogen-bond donors (Lipinski definition) is 0. The van der Waals surface area contributed by atoms with Crippen LogP contribution >= 0.6 is 0 Å². The number of likely N-dealkylation sites (tertiary alicyclic amines) is 1. The zero-order chi connectivity index (χ0) is 17.9. The van der Waals surface area contributed by atoms with Crippen LogP contribution in [0.15, 0.2) is 29.2 Å². The van der Waals surface area contributed by atoms with Crippen LogP contribution in [0.3, 0.4) is 0 Å². The second kappa shape index (κ2) is 7.87. The van der Waals surface area contributed by atoms with Crippen molar-refractivity contribution in [1.82, 2.24) is 9.21 Å². The molecule has 2 saturated heterocycles. The van der Waals surface area contributed by atoms with Gasteiger partial charge in [0.25, 0.3) is 5.91 Å². The number of nitrogens with zero attached hydrogens (tertiary/aromatic N) is 2. The second-order valence-corrected chi connectivity index (χ2v) is 8.99. The molecule has 2 fully saturated rings. The molecule has 0 radical (unpaired) electrons. The summed E-state index contributed by atoms with van der Waals surface area (Å²) in [6.45, 7) is 4.02. The van der Waals surface area contributed by atoms with E-state index in [0.29, 0.717) is 18.7 Å². The summed E-state index contributed by atoms with van der Waals surface area (Å²) in [5.74, 6) is -0.0396. The molecule has 1 unspecified atom stereocenters. The Morgan fingerprint density at radius 1 is 1.08 bits per heavy atom. The lowest BCUT2D eigenvalue weighted by Crippen LogP contribution is -2.43. The van der Waals surface area contributed by atoms with Crippen molar-refractivity contribution in [1.29, 1.82) is 0 Å². The van der Waals surface area contributed by atoms with Crippen LogP contribution in [0.5, 0.6) is 0 Å². The van der Waals surface area contributed by atoms with Gasteiger partial charge in [0.15, 0.2) is 0 Å². The van der Waals surface area contributed by atoms with Crippen LogP contribution in [-0.2, 0) is 10.0 Å². The van der Waals surface area contributed by atoms with Crippen LogP contribution in [0.25, 0.3) is 0 Å². The molecule has 1 aromatic rings. The number of piperidine rings is 2. The van der Waals surface area contributed by atoms with E-state index < -0.39 is 10.0 Å². The Morgan fingerprint density at radius 3 is 2.52 bits per heavy atom. The zero-order valence-electron chi connectivity index (χ0n) is 15.0. The number of hydrogen-bond acceptors (Lipinski definition) is 3. The van der Waals surface area contributed by atoms with E-state index in [1.165, 1.54) is 0 Å². The lowest BCUT2D eigenvalue weighted by atomic mass is 9.99. The van der Waals surface area contributed by atoms with E-state index in [2.05, 4.69) is 6.92 Å². The van der Waals surface area contributed by atoms with E-state index in [9.17, 15) is 13.2 Å². The highest BCUT2D eigenvalue weighted by Crippen LogP contribution is 2.25. The maximum Gasteiger partial charge on any atom is 0.254 e. The highest BCUT2D eigenvalue weighted by molar-refractivity contribution is 7.89. The quantitative estimate of drug-likeness (QED) is 0.824. The fourth-order valence-corrected chi connectivity index (χ4v) is 5.47. The molecule has 2 heterocycles. The van der Waals surface area contributed by atoms with Gasteiger partial charge in [0, 0.05) is 31.2 Å². The van der Waals surface area contributed by atoms with E-state index in [1.54, 1.807) is 28.6 Å². The van der Waals surface area contributed by atoms with Gasteiger partial charge in [0.1, 0.15) is 0 Å². The van der Waals surface area contributed by atoms with Crippen LogP contribution in [0.1, 0.15) is 62.2 Å². The van der Waals surface area contributed by atoms with Crippen molar-refractivity contribution in [3.05, 3.63) is 29.8 Å². The van der Waals surface area contributed by atoms with Gasteiger partial charge >= 0.3 is 0 Å². The Hall–Kier alpha value is -1.40. The Kier molecular flexibility index (Phi) is 5.79. The summed E-state index contributed by atoms with van der Waals surface area (Å²) in [4.78, 5) is 15.1. The predicted octanol–water partition coefficient (Wildman–Crippen LogP) is 3.27. The van der Waals surface area contributed by atoms with Gasteiger partial charge in [-0.15, -0.1) is 0 Å². The standard InChI is InChI=1S/C19H28N2O3S/c1-2-17-10-4-7-14-21(17)19(22)16-9-8-11-18(15-16)25(23,24)20-12-5-3-6-13-20/h8-9,11,15,17H,2-7,10,12-14H2,1H3. The van der Waals surface area contributed by atoms with Crippen molar-refractivity contribution < 1.29 is 13.2 Å². The van der Waals surface area contributed by atoms with E-state index in [0.717, 1.165) is 51.5 Å². The monoisotopic (exact) mass is 364 g/mol. The third-order valence-corrected chi connectivity index (χ3v) is 7.29. The Morgan fingerprint density at radius 2 is 1.80 bits per heavy atom. The summed E-state index contributed by atoms with van der Waals surface area (Å²) in [5, 5.41) is 0. The molecule has 5 nitrogen and oxygen atoms in total. The van der Waals surface area contributed by atoms with Gasteiger partial charge in [0.2, 0.25) is 10.0 Å². The number of rotatable bonds is 4. The number of benzene rings is 1. The minimum atomic E-state index is -3.51. The maximum atomic E-state index is 12.9. The summed E-state index contributed by atoms with van der Waals surface area (Å²) in [6.07, 6.45) is 7.05. The first kappa shape index (κ1) is 18.4. The van der Waals surface area contributed by atoms with Gasteiger partial charge < -0.3 is 4.90 Å². The first-order valence-electron chi connectivity index (χ1n) is 9.45. The van der Waals surface area contributed by atoms with Crippen molar-refractivity contribution in [2.24, 2.45) is 0 Å². The van der Waals surface area contributed by atoms with Crippen molar-refractivity contribution in [3.8, 4) is 0 Å². The van der Waals surface area contributed by atoms with Gasteiger partial charge in [-0.2, -0.15) is 4.31 Å². The predicted molar refractivity (Wildman–Crippen MR) is 98.0 cm³/mol. The van der Waals surface area contributed by atoms with Gasteiger partial charge in [-0.25, -0.2) is 8.42 Å². The van der Waals surface area contributed by atoms with Gasteiger partial charge in [-0.1, -0.05) is 19.4 Å². The van der Waals surface area contributed by atoms with Crippen molar-refractivity contribution in [3.63, 3.8) is 0 Å². The summed E-state index contributed by atoms with van der Waals surface area (Å²) >= 11 is 0. The normalized spacial score (nSPS) is 22.8. The largest absolute Gasteiger partial charge is 0.336 e. The average Bonchev–Trinajstić information content (AvgIpc) is 2.68. The number of sulfonamides is 1. The van der Waals surface area contributed by atoms with Crippen molar-refractivity contribution in [2.45, 2.75) is 62.8 Å². The molecule has 0 spiro atoms. The summed E-state index contributed by atoms with van der Waals surface area (Å²) < 4.78 is 27.3. The topological polar surface area (TPSA) is 57.7 Å². The van der Waals surface area contributed by atoms with Crippen LogP contribution in [0.4, 0.5) is 0 Å². The lowest BCUT2D eigenvalue weighted by Gasteiger charge is -2.35. The Balaban J connectivity index is 1.84. The SMILES string of the molecule is CCC1CCCCN1C(=O)c1cccc(S(=O)(=O)N2CCCCC2)c1. The molecule has 0 bridgehead atoms. The molecule has 0 aliphatic carbocycles. The molecule has 138 valence electrons. The zero-order valence-corrected chi connectivity index (χ0v) is 15.8. The Bertz CT molecular complexity index is 711. The molecule has 6 heteroatoms. The second-order valence-electron chi connectivity index (χ2n) is 7.05. The highest BCUT2D eigenvalue weighted by Gasteiger charge is 2.29. The third-order valence-electron chi connectivity index (χ3n) is 5.39. The molecule has 3 rings (SSSR count). The fraction of sp³-hybridized carbons (Fsp3) is 0.632. The van der Waals surface area contributed by atoms with Crippen LogP contribution in [0.2, 0.25) is 0 Å². The number of amides is 1. The average molecular weight is 365 g/mol. The van der Waals surface area contributed by atoms with Crippen LogP contribution < -0.4 is 0 Å². The molecular formula is C19H28N2O3S. The molecule has 25 heavy (non-hydrogen) atoms. The molecule has 1 aromatic carbocycles. The number of carbonyl (C=O) groups excluding carboxylic acids is 1. The van der Waals surface area contributed by atoms with E-state index >= 15 is 0 Å². The van der Waals surface area contributed by atoms with Crippen molar-refractivity contribution in [2.75, 3.05) is 19.6 Å². The molecule has 0 saturated carbocycles. The first-order chi connectivity index (χ1) is 12.0. The fourth-order valence-electron chi connectivity index (χ4n) is 3.90.